The average Bonchev–Trinajstić information content (AvgIpc) is 2.94. The van der Waals surface area contributed by atoms with Crippen molar-refractivity contribution in [1.82, 2.24) is 4.90 Å². The quantitative estimate of drug-likeness (QED) is 0.331. The summed E-state index contributed by atoms with van der Waals surface area (Å²) in [6, 6.07) is 18.3. The summed E-state index contributed by atoms with van der Waals surface area (Å²) in [5.74, 6) is 0.702. The van der Waals surface area contributed by atoms with Crippen LogP contribution in [0.5, 0.6) is 5.75 Å². The van der Waals surface area contributed by atoms with Gasteiger partial charge in [-0.3, -0.25) is 4.79 Å². The minimum absolute atomic E-state index is 0.00845. The monoisotopic (exact) mass is 525 g/mol. The van der Waals surface area contributed by atoms with E-state index in [9.17, 15) is 14.7 Å². The number of ether oxygens (including phenoxy) is 1. The summed E-state index contributed by atoms with van der Waals surface area (Å²) in [7, 11) is 0. The molecule has 2 atom stereocenters. The molecular weight excluding hydrogens is 490 g/mol. The average molecular weight is 526 g/mol. The lowest BCUT2D eigenvalue weighted by atomic mass is 9.71. The lowest BCUT2D eigenvalue weighted by Gasteiger charge is -2.47. The Morgan fingerprint density at radius 2 is 1.87 bits per heavy atom. The van der Waals surface area contributed by atoms with Crippen LogP contribution in [0.2, 0.25) is 0 Å². The summed E-state index contributed by atoms with van der Waals surface area (Å²) in [4.78, 5) is 28.2. The van der Waals surface area contributed by atoms with E-state index >= 15 is 0 Å². The van der Waals surface area contributed by atoms with Crippen LogP contribution in [-0.4, -0.2) is 34.6 Å². The third-order valence-electron chi connectivity index (χ3n) is 8.97. The smallest absolute Gasteiger partial charge is 0.340 e. The Bertz CT molecular complexity index is 1620. The van der Waals surface area contributed by atoms with Gasteiger partial charge in [0.25, 0.3) is 0 Å². The predicted octanol–water partition coefficient (Wildman–Crippen LogP) is 5.84. The van der Waals surface area contributed by atoms with Crippen molar-refractivity contribution in [2.75, 3.05) is 13.1 Å². The van der Waals surface area contributed by atoms with Crippen molar-refractivity contribution in [3.05, 3.63) is 87.3 Å². The number of amides is 1. The first-order valence-corrected chi connectivity index (χ1v) is 14.0. The van der Waals surface area contributed by atoms with Gasteiger partial charge < -0.3 is 19.2 Å². The fourth-order valence-corrected chi connectivity index (χ4v) is 6.48. The van der Waals surface area contributed by atoms with E-state index in [0.717, 1.165) is 53.1 Å². The maximum absolute atomic E-state index is 13.3. The van der Waals surface area contributed by atoms with Gasteiger partial charge in [0.05, 0.1) is 17.6 Å². The van der Waals surface area contributed by atoms with Gasteiger partial charge in [-0.2, -0.15) is 0 Å². The number of nitrogens with zero attached hydrogens (tertiary/aromatic N) is 1. The minimum Gasteiger partial charge on any atom is -0.488 e. The summed E-state index contributed by atoms with van der Waals surface area (Å²) in [6.45, 7) is 5.27. The van der Waals surface area contributed by atoms with Crippen LogP contribution in [0.3, 0.4) is 0 Å². The lowest BCUT2D eigenvalue weighted by molar-refractivity contribution is -0.142. The number of rotatable bonds is 5. The maximum Gasteiger partial charge on any atom is 0.340 e. The van der Waals surface area contributed by atoms with E-state index in [1.54, 1.807) is 0 Å². The fraction of sp³-hybridized carbons (Fsp3) is 0.394. The number of likely N-dealkylation sites (tertiary alicyclic amines) is 1. The highest BCUT2D eigenvalue weighted by Gasteiger charge is 2.43. The zero-order chi connectivity index (χ0) is 27.1. The van der Waals surface area contributed by atoms with Gasteiger partial charge in [0.15, 0.2) is 0 Å². The number of hydrogen-bond donors (Lipinski definition) is 1. The molecule has 6 nitrogen and oxygen atoms in total. The SMILES string of the molecule is Cc1c(CC(=O)N2CC[C@@]3(O)CCCC[C@H]3C2)c(=O)oc2c(C)c(OCc3ccc4ccccc4c3)ccc12. The van der Waals surface area contributed by atoms with E-state index < -0.39 is 11.2 Å². The second-order valence-electron chi connectivity index (χ2n) is 11.3. The highest BCUT2D eigenvalue weighted by molar-refractivity contribution is 5.87. The van der Waals surface area contributed by atoms with E-state index in [4.69, 9.17) is 9.15 Å². The maximum atomic E-state index is 13.3. The van der Waals surface area contributed by atoms with Gasteiger partial charge in [0.2, 0.25) is 5.91 Å². The number of carbonyl (C=O) groups is 1. The normalized spacial score (nSPS) is 21.2. The first-order chi connectivity index (χ1) is 18.8. The second-order valence-corrected chi connectivity index (χ2v) is 11.3. The van der Waals surface area contributed by atoms with Crippen LogP contribution in [0.15, 0.2) is 63.8 Å². The Morgan fingerprint density at radius 1 is 1.05 bits per heavy atom. The number of fused-ring (bicyclic) bond motifs is 3. The van der Waals surface area contributed by atoms with E-state index in [1.807, 2.05) is 43.0 Å². The molecule has 1 saturated carbocycles. The van der Waals surface area contributed by atoms with Gasteiger partial charge in [0.1, 0.15) is 17.9 Å². The second kappa shape index (κ2) is 10.2. The number of carbonyl (C=O) groups excluding carboxylic acids is 1. The van der Waals surface area contributed by atoms with Crippen LogP contribution in [0, 0.1) is 19.8 Å². The number of hydrogen-bond acceptors (Lipinski definition) is 5. The molecule has 0 radical (unpaired) electrons. The van der Waals surface area contributed by atoms with Crippen LogP contribution in [0.1, 0.15) is 54.4 Å². The molecule has 3 aromatic carbocycles. The molecular formula is C33H35NO5. The standard InChI is InChI=1S/C33H35NO5/c1-21-27-12-13-29(38-20-23-10-11-24-7-3-4-8-25(24)17-23)22(2)31(27)39-32(36)28(21)18-30(35)34-16-15-33(37)14-6-5-9-26(33)19-34/h3-4,7-8,10-13,17,26,37H,5-6,9,14-16,18-20H2,1-2H3/t26-,33-/m0/s1. The van der Waals surface area contributed by atoms with Crippen LogP contribution >= 0.6 is 0 Å². The van der Waals surface area contributed by atoms with Crippen molar-refractivity contribution in [3.63, 3.8) is 0 Å². The number of aryl methyl sites for hydroxylation is 2. The van der Waals surface area contributed by atoms with Gasteiger partial charge in [-0.25, -0.2) is 4.79 Å². The Hall–Kier alpha value is -3.64. The highest BCUT2D eigenvalue weighted by atomic mass is 16.5. The van der Waals surface area contributed by atoms with Gasteiger partial charge in [0, 0.05) is 30.0 Å². The van der Waals surface area contributed by atoms with Crippen molar-refractivity contribution in [2.24, 2.45) is 5.92 Å². The van der Waals surface area contributed by atoms with E-state index in [2.05, 4.69) is 30.3 Å². The molecule has 1 saturated heterocycles. The summed E-state index contributed by atoms with van der Waals surface area (Å²) in [6.07, 6.45) is 4.52. The highest BCUT2D eigenvalue weighted by Crippen LogP contribution is 2.40. The molecule has 202 valence electrons. The van der Waals surface area contributed by atoms with Gasteiger partial charge in [-0.1, -0.05) is 49.2 Å². The largest absolute Gasteiger partial charge is 0.488 e. The predicted molar refractivity (Wildman–Crippen MR) is 152 cm³/mol. The molecule has 6 heteroatoms. The van der Waals surface area contributed by atoms with Crippen molar-refractivity contribution >= 4 is 27.6 Å². The molecule has 1 N–H and O–H groups in total. The third-order valence-corrected chi connectivity index (χ3v) is 8.97. The van der Waals surface area contributed by atoms with Crippen molar-refractivity contribution in [1.29, 1.82) is 0 Å². The number of aliphatic hydroxyl groups is 1. The molecule has 39 heavy (non-hydrogen) atoms. The lowest BCUT2D eigenvalue weighted by Crippen LogP contribution is -2.55. The molecule has 0 bridgehead atoms. The third kappa shape index (κ3) is 4.82. The molecule has 6 rings (SSSR count). The van der Waals surface area contributed by atoms with Crippen molar-refractivity contribution in [3.8, 4) is 5.75 Å². The molecule has 1 amide bonds. The Morgan fingerprint density at radius 3 is 2.72 bits per heavy atom. The molecule has 1 aliphatic heterocycles. The van der Waals surface area contributed by atoms with Gasteiger partial charge in [-0.05, 0) is 73.2 Å². The first-order valence-electron chi connectivity index (χ1n) is 14.0. The summed E-state index contributed by atoms with van der Waals surface area (Å²) in [5.41, 5.74) is 2.37. The molecule has 2 heterocycles. The van der Waals surface area contributed by atoms with E-state index in [0.29, 0.717) is 43.0 Å². The molecule has 2 fully saturated rings. The zero-order valence-electron chi connectivity index (χ0n) is 22.7. The molecule has 0 unspecified atom stereocenters. The van der Waals surface area contributed by atoms with Crippen LogP contribution in [0.25, 0.3) is 21.7 Å². The van der Waals surface area contributed by atoms with E-state index in [-0.39, 0.29) is 18.2 Å². The Balaban J connectivity index is 1.20. The van der Waals surface area contributed by atoms with Crippen molar-refractivity contribution in [2.45, 2.75) is 64.6 Å². The number of piperidine rings is 1. The van der Waals surface area contributed by atoms with Crippen LogP contribution < -0.4 is 10.4 Å². The van der Waals surface area contributed by atoms with Gasteiger partial charge in [-0.15, -0.1) is 0 Å². The van der Waals surface area contributed by atoms with Crippen LogP contribution in [0.4, 0.5) is 0 Å². The first kappa shape index (κ1) is 25.6. The number of benzene rings is 3. The minimum atomic E-state index is -0.640. The zero-order valence-corrected chi connectivity index (χ0v) is 22.7. The van der Waals surface area contributed by atoms with Crippen LogP contribution in [-0.2, 0) is 17.8 Å². The van der Waals surface area contributed by atoms with E-state index in [1.165, 1.54) is 5.39 Å². The molecule has 0 spiro atoms. The molecule has 4 aromatic rings. The molecule has 1 aromatic heterocycles. The van der Waals surface area contributed by atoms with Crippen molar-refractivity contribution < 1.29 is 19.1 Å². The summed E-state index contributed by atoms with van der Waals surface area (Å²) >= 11 is 0. The molecule has 1 aliphatic carbocycles. The molecule has 2 aliphatic rings. The van der Waals surface area contributed by atoms with Gasteiger partial charge >= 0.3 is 5.63 Å². The Kier molecular flexibility index (Phi) is 6.67. The Labute approximate surface area is 228 Å². The summed E-state index contributed by atoms with van der Waals surface area (Å²) < 4.78 is 11.9. The summed E-state index contributed by atoms with van der Waals surface area (Å²) in [5, 5.41) is 14.1. The fourth-order valence-electron chi connectivity index (χ4n) is 6.48. The topological polar surface area (TPSA) is 80.0 Å².